The summed E-state index contributed by atoms with van der Waals surface area (Å²) in [6.07, 6.45) is 0. The first-order valence-corrected chi connectivity index (χ1v) is 4.69. The van der Waals surface area contributed by atoms with Crippen LogP contribution in [0.5, 0.6) is 0 Å². The van der Waals surface area contributed by atoms with Gasteiger partial charge >= 0.3 is 65.9 Å². The van der Waals surface area contributed by atoms with E-state index >= 15 is 0 Å². The Balaban J connectivity index is 3.08. The van der Waals surface area contributed by atoms with Crippen molar-refractivity contribution in [3.63, 3.8) is 0 Å². The van der Waals surface area contributed by atoms with E-state index in [0.29, 0.717) is 0 Å². The minimum atomic E-state index is 1.17. The fourth-order valence-corrected chi connectivity index (χ4v) is 2.22. The van der Waals surface area contributed by atoms with Crippen molar-refractivity contribution in [3.8, 4) is 0 Å². The van der Waals surface area contributed by atoms with Gasteiger partial charge in [-0.15, -0.1) is 0 Å². The zero-order chi connectivity index (χ0) is 5.98. The summed E-state index contributed by atoms with van der Waals surface area (Å²) in [5.41, 5.74) is 0. The van der Waals surface area contributed by atoms with Crippen LogP contribution in [0.1, 0.15) is 0 Å². The Bertz CT molecular complexity index is 170. The van der Waals surface area contributed by atoms with Gasteiger partial charge in [-0.2, -0.15) is 0 Å². The van der Waals surface area contributed by atoms with E-state index in [1.807, 2.05) is 18.2 Å². The van der Waals surface area contributed by atoms with Gasteiger partial charge in [0, 0.05) is 0 Å². The third-order valence-electron chi connectivity index (χ3n) is 0.792. The van der Waals surface area contributed by atoms with Crippen molar-refractivity contribution in [2.75, 3.05) is 0 Å². The van der Waals surface area contributed by atoms with E-state index in [1.54, 1.807) is 33.7 Å². The molecule has 0 radical (unpaired) electrons. The summed E-state index contributed by atoms with van der Waals surface area (Å²) in [7, 11) is 0. The summed E-state index contributed by atoms with van der Waals surface area (Å²) >= 11 is 3.17. The third-order valence-corrected chi connectivity index (χ3v) is 2.14. The molecule has 0 bridgehead atoms. The van der Waals surface area contributed by atoms with Crippen molar-refractivity contribution >= 4 is 42.7 Å². The molecule has 1 aromatic rings. The fraction of sp³-hybridized carbons (Fsp3) is 0. The van der Waals surface area contributed by atoms with E-state index in [-0.39, 0.29) is 0 Å². The van der Waals surface area contributed by atoms with Gasteiger partial charge in [0.2, 0.25) is 0 Å². The van der Waals surface area contributed by atoms with Gasteiger partial charge in [0.1, 0.15) is 0 Å². The minimum absolute atomic E-state index is 1.17. The summed E-state index contributed by atoms with van der Waals surface area (Å²) in [6, 6.07) is 6.10. The molecule has 2 unspecified atom stereocenters. The van der Waals surface area contributed by atoms with Crippen molar-refractivity contribution in [2.24, 2.45) is 0 Å². The van der Waals surface area contributed by atoms with Gasteiger partial charge in [0.05, 0.1) is 0 Å². The Labute approximate surface area is 65.9 Å². The number of hydrogen-bond donors (Lipinski definition) is 0. The molecule has 0 aliphatic heterocycles. The van der Waals surface area contributed by atoms with Crippen molar-refractivity contribution in [2.45, 2.75) is 0 Å². The molecule has 2 atom stereocenters. The molecule has 0 saturated carbocycles. The number of pyridine rings is 1. The summed E-state index contributed by atoms with van der Waals surface area (Å²) in [6.45, 7) is 0. The van der Waals surface area contributed by atoms with Crippen molar-refractivity contribution in [3.05, 3.63) is 18.2 Å². The molecule has 1 nitrogen and oxygen atoms in total. The Morgan fingerprint density at radius 3 is 1.88 bits per heavy atom. The summed E-state index contributed by atoms with van der Waals surface area (Å²) in [5.74, 6) is 0. The first-order valence-electron chi connectivity index (χ1n) is 2.27. The normalized spacial score (nSPS) is 9.25. The molecule has 0 fully saturated rings. The van der Waals surface area contributed by atoms with E-state index < -0.39 is 0 Å². The second kappa shape index (κ2) is 2.71. The predicted molar refractivity (Wildman–Crippen MR) is 40.6 cm³/mol. The number of rotatable bonds is 0. The Morgan fingerprint density at radius 2 is 1.62 bits per heavy atom. The van der Waals surface area contributed by atoms with Crippen LogP contribution in [-0.2, 0) is 0 Å². The van der Waals surface area contributed by atoms with Crippen LogP contribution in [0, 0.1) is 0 Å². The second-order valence-electron chi connectivity index (χ2n) is 1.49. The number of hydrogen-bond acceptors (Lipinski definition) is 1. The van der Waals surface area contributed by atoms with Crippen molar-refractivity contribution in [1.29, 1.82) is 0 Å². The molecule has 0 aromatic carbocycles. The van der Waals surface area contributed by atoms with Gasteiger partial charge in [-0.25, -0.2) is 0 Å². The van der Waals surface area contributed by atoms with Gasteiger partial charge in [-0.1, -0.05) is 0 Å². The van der Waals surface area contributed by atoms with E-state index in [1.165, 1.54) is 8.96 Å². The van der Waals surface area contributed by atoms with Crippen molar-refractivity contribution in [1.82, 2.24) is 4.98 Å². The van der Waals surface area contributed by atoms with Crippen LogP contribution in [0.3, 0.4) is 0 Å². The Kier molecular flexibility index (Phi) is 2.16. The second-order valence-corrected chi connectivity index (χ2v) is 3.97. The third kappa shape index (κ3) is 1.65. The van der Waals surface area contributed by atoms with Crippen LogP contribution < -0.4 is 8.96 Å². The molecule has 0 saturated heterocycles. The van der Waals surface area contributed by atoms with Crippen LogP contribution in [0.4, 0.5) is 0 Å². The molecule has 1 heterocycles. The van der Waals surface area contributed by atoms with Gasteiger partial charge in [-0.3, -0.25) is 0 Å². The maximum atomic E-state index is 4.23. The first kappa shape index (κ1) is 6.39. The van der Waals surface area contributed by atoms with Crippen molar-refractivity contribution < 1.29 is 0 Å². The van der Waals surface area contributed by atoms with Gasteiger partial charge < -0.3 is 0 Å². The van der Waals surface area contributed by atoms with E-state index in [0.717, 1.165) is 0 Å². The Morgan fingerprint density at radius 1 is 1.12 bits per heavy atom. The molecule has 3 heteroatoms. The quantitative estimate of drug-likeness (QED) is 0.453. The van der Waals surface area contributed by atoms with E-state index in [4.69, 9.17) is 0 Å². The van der Waals surface area contributed by atoms with Gasteiger partial charge in [-0.05, 0) is 0 Å². The van der Waals surface area contributed by atoms with Crippen LogP contribution in [-0.4, -0.2) is 38.7 Å². The molecule has 0 amide bonds. The van der Waals surface area contributed by atoms with E-state index in [2.05, 4.69) is 4.98 Å². The molecule has 0 aliphatic carbocycles. The van der Waals surface area contributed by atoms with Crippen LogP contribution in [0.25, 0.3) is 0 Å². The fourth-order valence-electron chi connectivity index (χ4n) is 0.469. The monoisotopic (exact) mass is 231 g/mol. The van der Waals surface area contributed by atoms with Gasteiger partial charge in [0.15, 0.2) is 0 Å². The van der Waals surface area contributed by atoms with Crippen LogP contribution >= 0.6 is 0 Å². The molecule has 1 aromatic heterocycles. The Hall–Kier alpha value is 0.267. The maximum absolute atomic E-state index is 4.23. The average molecular weight is 231 g/mol. The summed E-state index contributed by atoms with van der Waals surface area (Å²) in [4.78, 5) is 4.23. The molecule has 42 valence electrons. The number of nitrogens with zero attached hydrogens (tertiary/aromatic N) is 1. The topological polar surface area (TPSA) is 12.9 Å². The molecule has 1 rings (SSSR count). The summed E-state index contributed by atoms with van der Waals surface area (Å²) in [5, 5.41) is 0. The first-order chi connectivity index (χ1) is 3.79. The standard InChI is InChI=1S/C5H7As2N/c6-4-2-1-3-5(7)8-4/h1-3H,6-7H2. The SMILES string of the molecule is [AsH2]c1cccc([AsH2])n1. The van der Waals surface area contributed by atoms with E-state index in [9.17, 15) is 0 Å². The predicted octanol–water partition coefficient (Wildman–Crippen LogP) is -2.40. The molecule has 8 heavy (non-hydrogen) atoms. The zero-order valence-corrected chi connectivity index (χ0v) is 9.18. The van der Waals surface area contributed by atoms with Crippen LogP contribution in [0.15, 0.2) is 18.2 Å². The molecule has 0 N–H and O–H groups in total. The molecule has 0 aliphatic rings. The molecular formula is C5H7As2N. The zero-order valence-electron chi connectivity index (χ0n) is 4.33. The molecular weight excluding hydrogens is 224 g/mol. The number of aromatic nitrogens is 1. The van der Waals surface area contributed by atoms with Gasteiger partial charge in [0.25, 0.3) is 0 Å². The summed E-state index contributed by atoms with van der Waals surface area (Å²) < 4.78 is 2.33. The average Bonchev–Trinajstić information content (AvgIpc) is 1.64. The van der Waals surface area contributed by atoms with Crippen LogP contribution in [0.2, 0.25) is 0 Å². The molecule has 0 spiro atoms.